The summed E-state index contributed by atoms with van der Waals surface area (Å²) in [6.45, 7) is 5.63. The first kappa shape index (κ1) is 20.1. The van der Waals surface area contributed by atoms with Crippen molar-refractivity contribution in [3.05, 3.63) is 52.1 Å². The Kier molecular flexibility index (Phi) is 5.82. The number of aliphatic hydroxyl groups excluding tert-OH is 1. The molecule has 0 radical (unpaired) electrons. The third-order valence-corrected chi connectivity index (χ3v) is 5.36. The Balaban J connectivity index is 1.97. The van der Waals surface area contributed by atoms with Crippen LogP contribution in [0.4, 0.5) is 0 Å². The van der Waals surface area contributed by atoms with Crippen molar-refractivity contribution in [2.24, 2.45) is 0 Å². The van der Waals surface area contributed by atoms with Crippen LogP contribution in [-0.4, -0.2) is 27.4 Å². The van der Waals surface area contributed by atoms with Crippen molar-refractivity contribution in [2.45, 2.75) is 64.9 Å². The summed E-state index contributed by atoms with van der Waals surface area (Å²) in [5.41, 5.74) is 1.02. The molecule has 1 N–H and O–H groups in total. The van der Waals surface area contributed by atoms with Crippen LogP contribution in [0.2, 0.25) is 0 Å². The number of aromatic nitrogens is 1. The number of carbonyl (C=O) groups is 2. The van der Waals surface area contributed by atoms with Gasteiger partial charge in [-0.3, -0.25) is 9.78 Å². The van der Waals surface area contributed by atoms with Crippen molar-refractivity contribution in [3.8, 4) is 0 Å². The molecule has 148 valence electrons. The number of hydrogen-bond acceptors (Lipinski definition) is 5. The van der Waals surface area contributed by atoms with Crippen molar-refractivity contribution < 1.29 is 19.4 Å². The van der Waals surface area contributed by atoms with E-state index in [1.165, 1.54) is 6.20 Å². The van der Waals surface area contributed by atoms with E-state index in [1.807, 2.05) is 25.1 Å². The van der Waals surface area contributed by atoms with Crippen molar-refractivity contribution in [3.63, 3.8) is 0 Å². The second-order valence-corrected chi connectivity index (χ2v) is 7.49. The summed E-state index contributed by atoms with van der Waals surface area (Å²) >= 11 is 0. The second kappa shape index (κ2) is 8.13. The van der Waals surface area contributed by atoms with E-state index in [-0.39, 0.29) is 17.1 Å². The maximum absolute atomic E-state index is 13.1. The minimum Gasteiger partial charge on any atom is -0.511 e. The Morgan fingerprint density at radius 2 is 2.00 bits per heavy atom. The summed E-state index contributed by atoms with van der Waals surface area (Å²) in [6.07, 6.45) is 12.6. The van der Waals surface area contributed by atoms with Gasteiger partial charge in [0.05, 0.1) is 5.69 Å². The molecule has 1 aliphatic carbocycles. The lowest BCUT2D eigenvalue weighted by molar-refractivity contribution is -0.141. The van der Waals surface area contributed by atoms with Crippen LogP contribution in [0.15, 0.2) is 35.2 Å². The molecule has 1 aliphatic heterocycles. The standard InChI is InChI=1S/C23H27NO4/c1-4-6-7-8-9-11-19(25)20-18-13-15-12-16(10-5-2)24-14-17(15)21(26)23(18,3)28-22(20)27/h5,10,12-14,25H,4,6-9,11H2,1-3H3/b10-5+,20-19-. The predicted molar refractivity (Wildman–Crippen MR) is 109 cm³/mol. The monoisotopic (exact) mass is 381 g/mol. The van der Waals surface area contributed by atoms with Crippen LogP contribution in [0, 0.1) is 0 Å². The van der Waals surface area contributed by atoms with Crippen LogP contribution in [0.1, 0.15) is 80.9 Å². The lowest BCUT2D eigenvalue weighted by Crippen LogP contribution is -2.39. The van der Waals surface area contributed by atoms with Crippen LogP contribution in [0.5, 0.6) is 0 Å². The summed E-state index contributed by atoms with van der Waals surface area (Å²) in [4.78, 5) is 29.9. The molecule has 2 heterocycles. The zero-order valence-electron chi connectivity index (χ0n) is 16.7. The van der Waals surface area contributed by atoms with Gasteiger partial charge < -0.3 is 9.84 Å². The zero-order chi connectivity index (χ0) is 20.3. The molecule has 0 spiro atoms. The van der Waals surface area contributed by atoms with Crippen molar-refractivity contribution >= 4 is 23.9 Å². The molecule has 28 heavy (non-hydrogen) atoms. The minimum absolute atomic E-state index is 0.00968. The molecule has 1 unspecified atom stereocenters. The van der Waals surface area contributed by atoms with Crippen LogP contribution in [-0.2, 0) is 9.53 Å². The maximum Gasteiger partial charge on any atom is 0.343 e. The van der Waals surface area contributed by atoms with Gasteiger partial charge >= 0.3 is 5.97 Å². The number of nitrogens with zero attached hydrogens (tertiary/aromatic N) is 1. The molecule has 5 heteroatoms. The van der Waals surface area contributed by atoms with Gasteiger partial charge in [-0.2, -0.15) is 0 Å². The van der Waals surface area contributed by atoms with Gasteiger partial charge in [0.1, 0.15) is 11.3 Å². The Hall–Kier alpha value is -2.69. The highest BCUT2D eigenvalue weighted by atomic mass is 16.6. The Labute approximate surface area is 165 Å². The maximum atomic E-state index is 13.1. The van der Waals surface area contributed by atoms with Crippen LogP contribution in [0.3, 0.4) is 0 Å². The molecule has 1 saturated heterocycles. The number of ketones is 1. The van der Waals surface area contributed by atoms with E-state index in [0.717, 1.165) is 37.8 Å². The molecule has 0 bridgehead atoms. The Bertz CT molecular complexity index is 894. The molecular formula is C23H27NO4. The largest absolute Gasteiger partial charge is 0.511 e. The highest BCUT2D eigenvalue weighted by Gasteiger charge is 2.54. The molecule has 3 rings (SSSR count). The number of carbonyl (C=O) groups excluding carboxylic acids is 2. The van der Waals surface area contributed by atoms with E-state index in [2.05, 4.69) is 11.9 Å². The van der Waals surface area contributed by atoms with E-state index in [0.29, 0.717) is 23.1 Å². The fourth-order valence-corrected chi connectivity index (χ4v) is 3.78. The fourth-order valence-electron chi connectivity index (χ4n) is 3.78. The number of aliphatic hydroxyl groups is 1. The van der Waals surface area contributed by atoms with Gasteiger partial charge in [-0.1, -0.05) is 38.7 Å². The van der Waals surface area contributed by atoms with Gasteiger partial charge in [0.25, 0.3) is 0 Å². The average molecular weight is 381 g/mol. The van der Waals surface area contributed by atoms with Crippen molar-refractivity contribution in [2.75, 3.05) is 0 Å². The summed E-state index contributed by atoms with van der Waals surface area (Å²) < 4.78 is 5.46. The molecule has 0 amide bonds. The van der Waals surface area contributed by atoms with Gasteiger partial charge in [-0.05, 0) is 44.1 Å². The summed E-state index contributed by atoms with van der Waals surface area (Å²) in [6, 6.07) is 1.81. The quantitative estimate of drug-likeness (QED) is 0.305. The van der Waals surface area contributed by atoms with Gasteiger partial charge in [-0.15, -0.1) is 0 Å². The topological polar surface area (TPSA) is 76.5 Å². The number of rotatable bonds is 7. The lowest BCUT2D eigenvalue weighted by Gasteiger charge is -2.27. The lowest BCUT2D eigenvalue weighted by atomic mass is 9.78. The van der Waals surface area contributed by atoms with Gasteiger partial charge in [0.2, 0.25) is 5.78 Å². The number of ether oxygens (including phenoxy) is 1. The molecule has 2 aliphatic rings. The third-order valence-electron chi connectivity index (χ3n) is 5.36. The molecule has 5 nitrogen and oxygen atoms in total. The minimum atomic E-state index is -1.40. The van der Waals surface area contributed by atoms with E-state index in [4.69, 9.17) is 4.74 Å². The van der Waals surface area contributed by atoms with Crippen molar-refractivity contribution in [1.29, 1.82) is 0 Å². The normalized spacial score (nSPS) is 22.8. The number of esters is 1. The predicted octanol–water partition coefficient (Wildman–Crippen LogP) is 5.18. The number of Topliss-reactive ketones (excluding diaryl/α,β-unsaturated/α-hetero) is 1. The highest BCUT2D eigenvalue weighted by Crippen LogP contribution is 2.45. The van der Waals surface area contributed by atoms with Gasteiger partial charge in [0, 0.05) is 23.8 Å². The summed E-state index contributed by atoms with van der Waals surface area (Å²) in [7, 11) is 0. The molecule has 0 saturated carbocycles. The number of allylic oxidation sites excluding steroid dienone is 2. The highest BCUT2D eigenvalue weighted by molar-refractivity contribution is 6.17. The smallest absolute Gasteiger partial charge is 0.343 e. The first-order valence-electron chi connectivity index (χ1n) is 9.98. The van der Waals surface area contributed by atoms with Crippen LogP contribution in [0.25, 0.3) is 12.2 Å². The third kappa shape index (κ3) is 3.53. The van der Waals surface area contributed by atoms with E-state index >= 15 is 0 Å². The van der Waals surface area contributed by atoms with Crippen LogP contribution < -0.4 is 0 Å². The number of pyridine rings is 1. The Morgan fingerprint density at radius 1 is 1.25 bits per heavy atom. The molecule has 0 aromatic carbocycles. The van der Waals surface area contributed by atoms with E-state index in [1.54, 1.807) is 13.0 Å². The number of unbranched alkanes of at least 4 members (excludes halogenated alkanes) is 4. The molecule has 1 fully saturated rings. The summed E-state index contributed by atoms with van der Waals surface area (Å²) in [5, 5.41) is 10.6. The zero-order valence-corrected chi connectivity index (χ0v) is 16.7. The summed E-state index contributed by atoms with van der Waals surface area (Å²) in [5.74, 6) is -0.934. The number of hydrogen-bond donors (Lipinski definition) is 1. The second-order valence-electron chi connectivity index (χ2n) is 7.49. The molecule has 1 aromatic heterocycles. The van der Waals surface area contributed by atoms with Gasteiger partial charge in [0.15, 0.2) is 5.60 Å². The number of fused-ring (bicyclic) bond motifs is 2. The molecular weight excluding hydrogens is 354 g/mol. The first-order valence-corrected chi connectivity index (χ1v) is 9.98. The fraction of sp³-hybridized carbons (Fsp3) is 0.435. The van der Waals surface area contributed by atoms with E-state index < -0.39 is 11.6 Å². The Morgan fingerprint density at radius 3 is 2.71 bits per heavy atom. The average Bonchev–Trinajstić information content (AvgIpc) is 2.92. The van der Waals surface area contributed by atoms with Crippen LogP contribution >= 0.6 is 0 Å². The molecule has 1 atom stereocenters. The van der Waals surface area contributed by atoms with Gasteiger partial charge in [-0.25, -0.2) is 4.79 Å². The van der Waals surface area contributed by atoms with Crippen molar-refractivity contribution in [1.82, 2.24) is 4.98 Å². The van der Waals surface area contributed by atoms with E-state index in [9.17, 15) is 14.7 Å². The first-order chi connectivity index (χ1) is 13.4. The molecule has 1 aromatic rings. The SMILES string of the molecule is C/C=C/c1cc2c(cn1)C(=O)C1(C)OC(=O)/C(=C(\O)CCCCCCC)C1=C2.